The summed E-state index contributed by atoms with van der Waals surface area (Å²) in [6.07, 6.45) is 5.95. The number of carboxylic acids is 1. The van der Waals surface area contributed by atoms with Crippen molar-refractivity contribution in [1.29, 1.82) is 0 Å². The van der Waals surface area contributed by atoms with Crippen LogP contribution in [0.25, 0.3) is 0 Å². The molecular formula is C21H31NO4. The van der Waals surface area contributed by atoms with Crippen LogP contribution >= 0.6 is 0 Å². The number of ketones is 1. The predicted octanol–water partition coefficient (Wildman–Crippen LogP) is 4.88. The first-order valence-electron chi connectivity index (χ1n) is 9.99. The Hall–Kier alpha value is -1.65. The van der Waals surface area contributed by atoms with Gasteiger partial charge in [0.15, 0.2) is 0 Å². The van der Waals surface area contributed by atoms with E-state index in [0.29, 0.717) is 17.8 Å². The smallest absolute Gasteiger partial charge is 0.306 e. The molecule has 2 aliphatic carbocycles. The van der Waals surface area contributed by atoms with E-state index in [2.05, 4.69) is 19.0 Å². The second-order valence-corrected chi connectivity index (χ2v) is 8.92. The molecule has 0 aromatic carbocycles. The fourth-order valence-corrected chi connectivity index (χ4v) is 4.47. The van der Waals surface area contributed by atoms with Crippen LogP contribution in [0.4, 0.5) is 0 Å². The molecule has 0 spiro atoms. The van der Waals surface area contributed by atoms with Gasteiger partial charge < -0.3 is 14.4 Å². The number of nitrogens with zero attached hydrogens (tertiary/aromatic N) is 1. The number of carbonyl (C=O) groups excluding carboxylic acids is 1. The molecule has 5 heteroatoms. The highest BCUT2D eigenvalue weighted by molar-refractivity contribution is 5.78. The maximum Gasteiger partial charge on any atom is 0.306 e. The van der Waals surface area contributed by atoms with E-state index < -0.39 is 17.8 Å². The molecule has 2 fully saturated rings. The van der Waals surface area contributed by atoms with Crippen molar-refractivity contribution < 1.29 is 19.2 Å². The predicted molar refractivity (Wildman–Crippen MR) is 98.2 cm³/mol. The lowest BCUT2D eigenvalue weighted by Gasteiger charge is -2.35. The van der Waals surface area contributed by atoms with Crippen molar-refractivity contribution in [2.24, 2.45) is 17.8 Å². The standard InChI is InChI=1S/C21H31NO4/c1-11(2)7-14-9-16(10-14)20-18(15-5-6-15)19(22-26-20)17(8-12(3)23)13(4)21(24)25/h11,13-17H,5-10H2,1-4H3,(H,24,25). The number of Topliss-reactive ketones (excluding diaryl/α,β-unsaturated/α-hetero) is 1. The van der Waals surface area contributed by atoms with Crippen LogP contribution in [0.15, 0.2) is 4.52 Å². The van der Waals surface area contributed by atoms with Gasteiger partial charge >= 0.3 is 5.97 Å². The Morgan fingerprint density at radius 2 is 1.85 bits per heavy atom. The summed E-state index contributed by atoms with van der Waals surface area (Å²) in [5.74, 6) is 1.36. The van der Waals surface area contributed by atoms with Crippen molar-refractivity contribution >= 4 is 11.8 Å². The molecule has 1 heterocycles. The molecule has 5 nitrogen and oxygen atoms in total. The van der Waals surface area contributed by atoms with E-state index in [1.54, 1.807) is 6.92 Å². The first-order valence-corrected chi connectivity index (χ1v) is 9.99. The Morgan fingerprint density at radius 1 is 1.19 bits per heavy atom. The minimum Gasteiger partial charge on any atom is -0.481 e. The van der Waals surface area contributed by atoms with Crippen molar-refractivity contribution in [2.45, 2.75) is 84.0 Å². The first kappa shape index (κ1) is 19.1. The average Bonchev–Trinajstić information content (AvgIpc) is 3.26. The summed E-state index contributed by atoms with van der Waals surface area (Å²) in [5.41, 5.74) is 1.87. The summed E-state index contributed by atoms with van der Waals surface area (Å²) in [7, 11) is 0. The number of carboxylic acid groups (broad SMARTS) is 1. The second kappa shape index (κ2) is 7.53. The highest BCUT2D eigenvalue weighted by atomic mass is 16.5. The summed E-state index contributed by atoms with van der Waals surface area (Å²) in [6.45, 7) is 7.70. The van der Waals surface area contributed by atoms with E-state index in [0.717, 1.165) is 48.6 Å². The SMILES string of the molecule is CC(=O)CC(c1noc(C2CC(CC(C)C)C2)c1C1CC1)C(C)C(=O)O. The van der Waals surface area contributed by atoms with E-state index in [1.165, 1.54) is 13.3 Å². The van der Waals surface area contributed by atoms with Gasteiger partial charge in [0, 0.05) is 23.8 Å². The average molecular weight is 361 g/mol. The maximum absolute atomic E-state index is 11.8. The number of rotatable bonds is 9. The Balaban J connectivity index is 1.85. The zero-order chi connectivity index (χ0) is 19.0. The molecule has 144 valence electrons. The largest absolute Gasteiger partial charge is 0.481 e. The molecule has 2 saturated carbocycles. The van der Waals surface area contributed by atoms with Crippen molar-refractivity contribution in [2.75, 3.05) is 0 Å². The third kappa shape index (κ3) is 4.02. The minimum absolute atomic E-state index is 0.00459. The fourth-order valence-electron chi connectivity index (χ4n) is 4.47. The molecule has 2 atom stereocenters. The molecule has 1 aromatic heterocycles. The normalized spacial score (nSPS) is 25.0. The van der Waals surface area contributed by atoms with Gasteiger partial charge in [-0.05, 0) is 56.8 Å². The molecule has 2 unspecified atom stereocenters. The minimum atomic E-state index is -0.886. The lowest BCUT2D eigenvalue weighted by atomic mass is 9.69. The molecule has 0 amide bonds. The van der Waals surface area contributed by atoms with Crippen LogP contribution in [-0.4, -0.2) is 22.0 Å². The van der Waals surface area contributed by atoms with Gasteiger partial charge in [0.2, 0.25) is 0 Å². The highest BCUT2D eigenvalue weighted by Gasteiger charge is 2.43. The molecule has 1 aromatic rings. The van der Waals surface area contributed by atoms with Gasteiger partial charge in [0.1, 0.15) is 11.5 Å². The van der Waals surface area contributed by atoms with Gasteiger partial charge in [-0.2, -0.15) is 0 Å². The third-order valence-corrected chi connectivity index (χ3v) is 6.03. The van der Waals surface area contributed by atoms with Crippen LogP contribution in [0.3, 0.4) is 0 Å². The van der Waals surface area contributed by atoms with Crippen LogP contribution in [0, 0.1) is 17.8 Å². The van der Waals surface area contributed by atoms with Crippen LogP contribution in [-0.2, 0) is 9.59 Å². The summed E-state index contributed by atoms with van der Waals surface area (Å²) in [5, 5.41) is 13.8. The van der Waals surface area contributed by atoms with Crippen molar-refractivity contribution in [3.05, 3.63) is 17.0 Å². The molecule has 26 heavy (non-hydrogen) atoms. The Kier molecular flexibility index (Phi) is 5.54. The number of aliphatic carboxylic acids is 1. The Morgan fingerprint density at radius 3 is 2.35 bits per heavy atom. The van der Waals surface area contributed by atoms with E-state index in [1.807, 2.05) is 0 Å². The van der Waals surface area contributed by atoms with E-state index >= 15 is 0 Å². The monoisotopic (exact) mass is 361 g/mol. The van der Waals surface area contributed by atoms with Crippen LogP contribution in [0.5, 0.6) is 0 Å². The summed E-state index contributed by atoms with van der Waals surface area (Å²) < 4.78 is 5.79. The van der Waals surface area contributed by atoms with Gasteiger partial charge in [0.25, 0.3) is 0 Å². The maximum atomic E-state index is 11.8. The third-order valence-electron chi connectivity index (χ3n) is 6.03. The van der Waals surface area contributed by atoms with Crippen molar-refractivity contribution in [3.8, 4) is 0 Å². The Bertz CT molecular complexity index is 668. The van der Waals surface area contributed by atoms with Gasteiger partial charge in [-0.3, -0.25) is 4.79 Å². The number of carbonyl (C=O) groups is 2. The van der Waals surface area contributed by atoms with Gasteiger partial charge in [-0.15, -0.1) is 0 Å². The molecular weight excluding hydrogens is 330 g/mol. The number of aromatic nitrogens is 1. The molecule has 0 saturated heterocycles. The summed E-state index contributed by atoms with van der Waals surface area (Å²) in [6, 6.07) is 0. The number of hydrogen-bond donors (Lipinski definition) is 1. The zero-order valence-corrected chi connectivity index (χ0v) is 16.3. The highest BCUT2D eigenvalue weighted by Crippen LogP contribution is 2.53. The fraction of sp³-hybridized carbons (Fsp3) is 0.762. The molecule has 0 bridgehead atoms. The lowest BCUT2D eigenvalue weighted by Crippen LogP contribution is -2.24. The molecule has 0 aliphatic heterocycles. The first-order chi connectivity index (χ1) is 12.3. The molecule has 1 N–H and O–H groups in total. The van der Waals surface area contributed by atoms with E-state index in [4.69, 9.17) is 4.52 Å². The van der Waals surface area contributed by atoms with Crippen LogP contribution in [0.1, 0.15) is 101 Å². The van der Waals surface area contributed by atoms with Crippen LogP contribution in [0.2, 0.25) is 0 Å². The lowest BCUT2D eigenvalue weighted by molar-refractivity contribution is -0.142. The van der Waals surface area contributed by atoms with Gasteiger partial charge in [-0.1, -0.05) is 25.9 Å². The van der Waals surface area contributed by atoms with Crippen molar-refractivity contribution in [3.63, 3.8) is 0 Å². The molecule has 3 rings (SSSR count). The molecule has 0 radical (unpaired) electrons. The van der Waals surface area contributed by atoms with E-state index in [9.17, 15) is 14.7 Å². The summed E-state index contributed by atoms with van der Waals surface area (Å²) in [4.78, 5) is 23.3. The topological polar surface area (TPSA) is 80.4 Å². The van der Waals surface area contributed by atoms with Crippen molar-refractivity contribution in [1.82, 2.24) is 5.16 Å². The van der Waals surface area contributed by atoms with Gasteiger partial charge in [0.05, 0.1) is 11.6 Å². The quantitative estimate of drug-likeness (QED) is 0.678. The van der Waals surface area contributed by atoms with Gasteiger partial charge in [-0.25, -0.2) is 0 Å². The summed E-state index contributed by atoms with van der Waals surface area (Å²) >= 11 is 0. The molecule has 2 aliphatic rings. The zero-order valence-electron chi connectivity index (χ0n) is 16.3. The second-order valence-electron chi connectivity index (χ2n) is 8.92. The number of hydrogen-bond acceptors (Lipinski definition) is 4. The van der Waals surface area contributed by atoms with E-state index in [-0.39, 0.29) is 12.2 Å². The Labute approximate surface area is 155 Å². The van der Waals surface area contributed by atoms with Crippen LogP contribution < -0.4 is 0 Å².